The van der Waals surface area contributed by atoms with Gasteiger partial charge in [0, 0.05) is 17.1 Å². The van der Waals surface area contributed by atoms with Gasteiger partial charge < -0.3 is 11.1 Å². The Labute approximate surface area is 82.7 Å². The first-order valence-corrected chi connectivity index (χ1v) is 5.09. The van der Waals surface area contributed by atoms with E-state index >= 15 is 0 Å². The third kappa shape index (κ3) is 3.28. The lowest BCUT2D eigenvalue weighted by Gasteiger charge is -2.24. The smallest absolute Gasteiger partial charge is 0.202 e. The van der Waals surface area contributed by atoms with Crippen molar-refractivity contribution in [3.8, 4) is 0 Å². The number of hydrogen-bond acceptors (Lipinski definition) is 5. The minimum atomic E-state index is 0.000718. The molecule has 0 aliphatic heterocycles. The van der Waals surface area contributed by atoms with E-state index in [1.807, 2.05) is 6.92 Å². The molecule has 1 rings (SSSR count). The zero-order valence-electron chi connectivity index (χ0n) is 8.29. The fraction of sp³-hybridized carbons (Fsp3) is 0.750. The molecule has 0 atom stereocenters. The fourth-order valence-electron chi connectivity index (χ4n) is 1.06. The van der Waals surface area contributed by atoms with Gasteiger partial charge in [-0.25, -0.2) is 4.98 Å². The van der Waals surface area contributed by atoms with Crippen molar-refractivity contribution in [3.63, 3.8) is 0 Å². The van der Waals surface area contributed by atoms with Crippen molar-refractivity contribution < 1.29 is 0 Å². The number of nitrogens with zero attached hydrogens (tertiary/aromatic N) is 2. The van der Waals surface area contributed by atoms with Gasteiger partial charge in [0.1, 0.15) is 5.82 Å². The first kappa shape index (κ1) is 10.4. The highest BCUT2D eigenvalue weighted by Gasteiger charge is 2.17. The van der Waals surface area contributed by atoms with Crippen LogP contribution in [0, 0.1) is 6.92 Å². The Kier molecular flexibility index (Phi) is 3.22. The van der Waals surface area contributed by atoms with Crippen LogP contribution in [0.3, 0.4) is 0 Å². The normalized spacial score (nSPS) is 11.7. The molecule has 4 nitrogen and oxygen atoms in total. The second-order valence-electron chi connectivity index (χ2n) is 3.69. The van der Waals surface area contributed by atoms with Crippen molar-refractivity contribution >= 4 is 16.7 Å². The molecule has 0 amide bonds. The Morgan fingerprint density at radius 2 is 2.23 bits per heavy atom. The second-order valence-corrected chi connectivity index (χ2v) is 4.45. The quantitative estimate of drug-likeness (QED) is 0.771. The molecule has 0 aliphatic rings. The summed E-state index contributed by atoms with van der Waals surface area (Å²) in [5.41, 5.74) is 5.50. The maximum absolute atomic E-state index is 5.50. The maximum Gasteiger partial charge on any atom is 0.202 e. The van der Waals surface area contributed by atoms with Crippen LogP contribution in [0.5, 0.6) is 0 Å². The number of rotatable bonds is 4. The van der Waals surface area contributed by atoms with Gasteiger partial charge in [-0.05, 0) is 33.7 Å². The highest BCUT2D eigenvalue weighted by molar-refractivity contribution is 7.09. The van der Waals surface area contributed by atoms with Gasteiger partial charge in [0.15, 0.2) is 0 Å². The summed E-state index contributed by atoms with van der Waals surface area (Å²) in [6.07, 6.45) is 0.922. The van der Waals surface area contributed by atoms with E-state index in [1.165, 1.54) is 11.5 Å². The van der Waals surface area contributed by atoms with Crippen LogP contribution in [-0.4, -0.2) is 21.4 Å². The van der Waals surface area contributed by atoms with Crippen LogP contribution in [0.15, 0.2) is 0 Å². The van der Waals surface area contributed by atoms with Crippen LogP contribution >= 0.6 is 11.5 Å². The standard InChI is InChI=1S/C8H16N4S/c1-6-10-7(13-12-6)11-8(2,3)4-5-9/h4-5,9H2,1-3H3,(H,10,11,12). The minimum Gasteiger partial charge on any atom is -0.355 e. The first-order chi connectivity index (χ1) is 6.03. The molecule has 1 aromatic heterocycles. The molecular weight excluding hydrogens is 184 g/mol. The third-order valence-electron chi connectivity index (χ3n) is 1.74. The number of aromatic nitrogens is 2. The third-order valence-corrected chi connectivity index (χ3v) is 2.46. The lowest BCUT2D eigenvalue weighted by molar-refractivity contribution is 0.526. The van der Waals surface area contributed by atoms with Gasteiger partial charge in [-0.3, -0.25) is 0 Å². The molecule has 0 saturated heterocycles. The van der Waals surface area contributed by atoms with E-state index in [2.05, 4.69) is 28.5 Å². The molecule has 74 valence electrons. The predicted molar refractivity (Wildman–Crippen MR) is 56.0 cm³/mol. The van der Waals surface area contributed by atoms with Gasteiger partial charge in [0.2, 0.25) is 5.13 Å². The Hall–Kier alpha value is -0.680. The van der Waals surface area contributed by atoms with Gasteiger partial charge in [-0.2, -0.15) is 4.37 Å². The molecule has 0 aliphatic carbocycles. The number of nitrogens with one attached hydrogen (secondary N) is 1. The Bertz CT molecular complexity index is 269. The molecule has 1 aromatic rings. The molecule has 13 heavy (non-hydrogen) atoms. The second kappa shape index (κ2) is 4.02. The van der Waals surface area contributed by atoms with Gasteiger partial charge in [0.25, 0.3) is 0 Å². The van der Waals surface area contributed by atoms with E-state index in [4.69, 9.17) is 5.73 Å². The fourth-order valence-corrected chi connectivity index (χ4v) is 1.81. The number of hydrogen-bond donors (Lipinski definition) is 2. The SMILES string of the molecule is Cc1nsc(NC(C)(C)CCN)n1. The topological polar surface area (TPSA) is 63.8 Å². The van der Waals surface area contributed by atoms with Gasteiger partial charge in [-0.1, -0.05) is 0 Å². The Morgan fingerprint density at radius 1 is 1.54 bits per heavy atom. The molecular formula is C8H16N4S. The average Bonchev–Trinajstić information content (AvgIpc) is 2.34. The van der Waals surface area contributed by atoms with Crippen LogP contribution in [0.2, 0.25) is 0 Å². The summed E-state index contributed by atoms with van der Waals surface area (Å²) in [6.45, 7) is 6.78. The van der Waals surface area contributed by atoms with Gasteiger partial charge in [0.05, 0.1) is 0 Å². The first-order valence-electron chi connectivity index (χ1n) is 4.32. The van der Waals surface area contributed by atoms with Gasteiger partial charge in [-0.15, -0.1) is 0 Å². The Morgan fingerprint density at radius 3 is 2.69 bits per heavy atom. The Balaban J connectivity index is 2.57. The summed E-state index contributed by atoms with van der Waals surface area (Å²) in [6, 6.07) is 0. The molecule has 0 unspecified atom stereocenters. The summed E-state index contributed by atoms with van der Waals surface area (Å²) in [5.74, 6) is 0.816. The lowest BCUT2D eigenvalue weighted by Crippen LogP contribution is -2.33. The summed E-state index contributed by atoms with van der Waals surface area (Å²) in [5, 5.41) is 4.18. The monoisotopic (exact) mass is 200 g/mol. The van der Waals surface area contributed by atoms with Crippen molar-refractivity contribution in [2.45, 2.75) is 32.7 Å². The van der Waals surface area contributed by atoms with Crippen molar-refractivity contribution in [1.29, 1.82) is 0 Å². The lowest BCUT2D eigenvalue weighted by atomic mass is 10.0. The molecule has 0 spiro atoms. The predicted octanol–water partition coefficient (Wildman–Crippen LogP) is 1.39. The molecule has 0 fully saturated rings. The molecule has 0 radical (unpaired) electrons. The summed E-state index contributed by atoms with van der Waals surface area (Å²) in [4.78, 5) is 4.23. The summed E-state index contributed by atoms with van der Waals surface area (Å²) >= 11 is 1.39. The van der Waals surface area contributed by atoms with Crippen molar-refractivity contribution in [2.24, 2.45) is 5.73 Å². The molecule has 3 N–H and O–H groups in total. The molecule has 0 saturated carbocycles. The van der Waals surface area contributed by atoms with E-state index in [1.54, 1.807) is 0 Å². The van der Waals surface area contributed by atoms with E-state index in [9.17, 15) is 0 Å². The van der Waals surface area contributed by atoms with Crippen LogP contribution < -0.4 is 11.1 Å². The zero-order valence-corrected chi connectivity index (χ0v) is 9.11. The largest absolute Gasteiger partial charge is 0.355 e. The van der Waals surface area contributed by atoms with E-state index < -0.39 is 0 Å². The van der Waals surface area contributed by atoms with Crippen molar-refractivity contribution in [1.82, 2.24) is 9.36 Å². The van der Waals surface area contributed by atoms with Crippen LogP contribution in [-0.2, 0) is 0 Å². The average molecular weight is 200 g/mol. The van der Waals surface area contributed by atoms with E-state index in [0.717, 1.165) is 17.4 Å². The highest BCUT2D eigenvalue weighted by atomic mass is 32.1. The molecule has 0 bridgehead atoms. The highest BCUT2D eigenvalue weighted by Crippen LogP contribution is 2.18. The summed E-state index contributed by atoms with van der Waals surface area (Å²) < 4.78 is 4.10. The number of aryl methyl sites for hydroxylation is 1. The van der Waals surface area contributed by atoms with Crippen LogP contribution in [0.4, 0.5) is 5.13 Å². The van der Waals surface area contributed by atoms with E-state index in [0.29, 0.717) is 6.54 Å². The molecule has 0 aromatic carbocycles. The maximum atomic E-state index is 5.50. The number of nitrogens with two attached hydrogens (primary N) is 1. The minimum absolute atomic E-state index is 0.000718. The zero-order chi connectivity index (χ0) is 9.90. The van der Waals surface area contributed by atoms with Crippen molar-refractivity contribution in [2.75, 3.05) is 11.9 Å². The molecule has 1 heterocycles. The van der Waals surface area contributed by atoms with Gasteiger partial charge >= 0.3 is 0 Å². The number of anilines is 1. The van der Waals surface area contributed by atoms with Crippen LogP contribution in [0.1, 0.15) is 26.1 Å². The van der Waals surface area contributed by atoms with Crippen molar-refractivity contribution in [3.05, 3.63) is 5.82 Å². The molecule has 5 heteroatoms. The van der Waals surface area contributed by atoms with E-state index in [-0.39, 0.29) is 5.54 Å². The summed E-state index contributed by atoms with van der Waals surface area (Å²) in [7, 11) is 0. The van der Waals surface area contributed by atoms with Crippen LogP contribution in [0.25, 0.3) is 0 Å².